The van der Waals surface area contributed by atoms with Crippen molar-refractivity contribution in [3.05, 3.63) is 0 Å². The van der Waals surface area contributed by atoms with E-state index in [1.54, 1.807) is 0 Å². The number of carboxylic acid groups (broad SMARTS) is 1. The normalized spacial score (nSPS) is 16.2. The zero-order chi connectivity index (χ0) is 8.15. The van der Waals surface area contributed by atoms with Gasteiger partial charge in [-0.3, -0.25) is 4.21 Å². The van der Waals surface area contributed by atoms with Crippen LogP contribution in [0.5, 0.6) is 0 Å². The van der Waals surface area contributed by atoms with Gasteiger partial charge in [0.25, 0.3) is 0 Å². The molecule has 2 N–H and O–H groups in total. The number of aliphatic carboxylic acids is 1. The maximum atomic E-state index is 10.4. The monoisotopic (exact) mass is 166 g/mol. The van der Waals surface area contributed by atoms with Gasteiger partial charge < -0.3 is 10.2 Å². The van der Waals surface area contributed by atoms with E-state index in [4.69, 9.17) is 10.2 Å². The van der Waals surface area contributed by atoms with Crippen molar-refractivity contribution in [2.24, 2.45) is 0 Å². The second kappa shape index (κ2) is 4.40. The third kappa shape index (κ3) is 4.46. The molecule has 0 spiro atoms. The van der Waals surface area contributed by atoms with Gasteiger partial charge in [0.2, 0.25) is 0 Å². The highest BCUT2D eigenvalue weighted by atomic mass is 32.2. The zero-order valence-corrected chi connectivity index (χ0v) is 6.43. The van der Waals surface area contributed by atoms with Crippen LogP contribution in [0.1, 0.15) is 6.42 Å². The third-order valence-electron chi connectivity index (χ3n) is 0.964. The summed E-state index contributed by atoms with van der Waals surface area (Å²) in [5.41, 5.74) is 0. The minimum atomic E-state index is -1.37. The predicted molar refractivity (Wildman–Crippen MR) is 37.2 cm³/mol. The van der Waals surface area contributed by atoms with Crippen molar-refractivity contribution in [1.82, 2.24) is 0 Å². The average Bonchev–Trinajstić information content (AvgIpc) is 1.82. The van der Waals surface area contributed by atoms with Crippen molar-refractivity contribution >= 4 is 16.8 Å². The summed E-state index contributed by atoms with van der Waals surface area (Å²) < 4.78 is 10.4. The Balaban J connectivity index is 3.49. The van der Waals surface area contributed by atoms with E-state index in [9.17, 15) is 9.00 Å². The van der Waals surface area contributed by atoms with E-state index in [1.165, 1.54) is 6.26 Å². The number of aliphatic hydroxyl groups excluding tert-OH is 1. The van der Waals surface area contributed by atoms with Crippen LogP contribution in [0, 0.1) is 0 Å². The maximum absolute atomic E-state index is 10.4. The lowest BCUT2D eigenvalue weighted by Gasteiger charge is -2.01. The summed E-state index contributed by atoms with van der Waals surface area (Å²) in [7, 11) is -1.03. The molecule has 60 valence electrons. The van der Waals surface area contributed by atoms with Crippen LogP contribution in [0.3, 0.4) is 0 Å². The lowest BCUT2D eigenvalue weighted by molar-refractivity contribution is -0.146. The molecule has 5 heteroatoms. The molecule has 0 aliphatic heterocycles. The van der Waals surface area contributed by atoms with E-state index >= 15 is 0 Å². The summed E-state index contributed by atoms with van der Waals surface area (Å²) in [5.74, 6) is -1.03. The minimum Gasteiger partial charge on any atom is -0.479 e. The van der Waals surface area contributed by atoms with Crippen LogP contribution in [-0.2, 0) is 15.6 Å². The molecule has 2 unspecified atom stereocenters. The van der Waals surface area contributed by atoms with Crippen molar-refractivity contribution in [3.63, 3.8) is 0 Å². The van der Waals surface area contributed by atoms with Crippen LogP contribution in [0.15, 0.2) is 0 Å². The fourth-order valence-corrected chi connectivity index (χ4v) is 0.956. The topological polar surface area (TPSA) is 74.6 Å². The molecule has 0 saturated heterocycles. The van der Waals surface area contributed by atoms with Crippen molar-refractivity contribution in [2.75, 3.05) is 12.0 Å². The standard InChI is InChI=1S/C5H10O4S/c1-10(9)3-2-4(6)5(7)8/h4,6H,2-3H2,1H3,(H,7,8). The van der Waals surface area contributed by atoms with Gasteiger partial charge in [-0.1, -0.05) is 0 Å². The molecule has 0 radical (unpaired) electrons. The van der Waals surface area contributed by atoms with E-state index < -0.39 is 22.9 Å². The number of hydrogen-bond donors (Lipinski definition) is 2. The van der Waals surface area contributed by atoms with Crippen LogP contribution in [0.4, 0.5) is 0 Å². The smallest absolute Gasteiger partial charge is 0.332 e. The largest absolute Gasteiger partial charge is 0.479 e. The first-order valence-electron chi connectivity index (χ1n) is 2.75. The van der Waals surface area contributed by atoms with Gasteiger partial charge in [-0.25, -0.2) is 4.79 Å². The highest BCUT2D eigenvalue weighted by molar-refractivity contribution is 7.84. The average molecular weight is 166 g/mol. The van der Waals surface area contributed by atoms with Crippen LogP contribution in [-0.4, -0.2) is 38.5 Å². The van der Waals surface area contributed by atoms with Crippen LogP contribution in [0.2, 0.25) is 0 Å². The van der Waals surface area contributed by atoms with Gasteiger partial charge in [-0.05, 0) is 6.42 Å². The van der Waals surface area contributed by atoms with Crippen molar-refractivity contribution < 1.29 is 19.2 Å². The molecule has 0 bridgehead atoms. The Morgan fingerprint density at radius 1 is 1.70 bits per heavy atom. The first-order valence-corrected chi connectivity index (χ1v) is 4.47. The summed E-state index contributed by atoms with van der Waals surface area (Å²) in [6.07, 6.45) is 0.149. The quantitative estimate of drug-likeness (QED) is 0.573. The second-order valence-corrected chi connectivity index (χ2v) is 3.47. The highest BCUT2D eigenvalue weighted by Crippen LogP contribution is 1.92. The fraction of sp³-hybridized carbons (Fsp3) is 0.800. The lowest BCUT2D eigenvalue weighted by Crippen LogP contribution is -2.21. The van der Waals surface area contributed by atoms with Gasteiger partial charge in [-0.2, -0.15) is 0 Å². The Labute approximate surface area is 61.3 Å². The molecule has 2 atom stereocenters. The zero-order valence-electron chi connectivity index (χ0n) is 5.61. The molecule has 0 aromatic heterocycles. The van der Waals surface area contributed by atoms with Gasteiger partial charge in [0.15, 0.2) is 6.10 Å². The number of carboxylic acids is 1. The number of carbonyl (C=O) groups is 1. The molecule has 0 amide bonds. The van der Waals surface area contributed by atoms with E-state index in [0.717, 1.165) is 0 Å². The maximum Gasteiger partial charge on any atom is 0.332 e. The van der Waals surface area contributed by atoms with E-state index in [2.05, 4.69) is 0 Å². The van der Waals surface area contributed by atoms with Crippen molar-refractivity contribution in [1.29, 1.82) is 0 Å². The Morgan fingerprint density at radius 2 is 2.20 bits per heavy atom. The van der Waals surface area contributed by atoms with Gasteiger partial charge in [0, 0.05) is 22.8 Å². The fourth-order valence-electron chi connectivity index (χ4n) is 0.401. The molecule has 0 aliphatic carbocycles. The van der Waals surface area contributed by atoms with E-state index in [0.29, 0.717) is 0 Å². The minimum absolute atomic E-state index is 0.0540. The molecular formula is C5H10O4S. The summed E-state index contributed by atoms with van der Waals surface area (Å²) in [5, 5.41) is 16.8. The number of hydrogen-bond acceptors (Lipinski definition) is 3. The van der Waals surface area contributed by atoms with Crippen LogP contribution in [0.25, 0.3) is 0 Å². The van der Waals surface area contributed by atoms with Crippen LogP contribution < -0.4 is 0 Å². The van der Waals surface area contributed by atoms with Gasteiger partial charge in [-0.15, -0.1) is 0 Å². The van der Waals surface area contributed by atoms with Crippen LogP contribution >= 0.6 is 0 Å². The van der Waals surface area contributed by atoms with Crippen molar-refractivity contribution in [3.8, 4) is 0 Å². The molecule has 0 aromatic carbocycles. The van der Waals surface area contributed by atoms with Gasteiger partial charge in [0.1, 0.15) is 0 Å². The van der Waals surface area contributed by atoms with E-state index in [1.807, 2.05) is 0 Å². The Kier molecular flexibility index (Phi) is 4.22. The number of aliphatic hydroxyl groups is 1. The molecule has 0 aliphatic rings. The van der Waals surface area contributed by atoms with Gasteiger partial charge >= 0.3 is 5.97 Å². The molecule has 4 nitrogen and oxygen atoms in total. The summed E-state index contributed by atoms with van der Waals surface area (Å²) in [6.45, 7) is 0. The second-order valence-electron chi connectivity index (χ2n) is 1.92. The Hall–Kier alpha value is -0.420. The van der Waals surface area contributed by atoms with Crippen molar-refractivity contribution in [2.45, 2.75) is 12.5 Å². The molecular weight excluding hydrogens is 156 g/mol. The predicted octanol–water partition coefficient (Wildman–Crippen LogP) is -0.800. The summed E-state index contributed by atoms with van der Waals surface area (Å²) in [6, 6.07) is 0. The Morgan fingerprint density at radius 3 is 2.50 bits per heavy atom. The molecule has 0 heterocycles. The first-order chi connectivity index (χ1) is 4.54. The molecule has 10 heavy (non-hydrogen) atoms. The number of rotatable bonds is 4. The summed E-state index contributed by atoms with van der Waals surface area (Å²) >= 11 is 0. The SMILES string of the molecule is CS(=O)CCC(O)C(=O)O. The first kappa shape index (κ1) is 9.58. The molecule has 0 saturated carbocycles. The molecule has 0 rings (SSSR count). The van der Waals surface area contributed by atoms with E-state index in [-0.39, 0.29) is 12.2 Å². The Bertz CT molecular complexity index is 145. The summed E-state index contributed by atoms with van der Waals surface area (Å²) in [4.78, 5) is 9.96. The molecule has 0 fully saturated rings. The van der Waals surface area contributed by atoms with Gasteiger partial charge in [0.05, 0.1) is 0 Å². The third-order valence-corrected chi connectivity index (χ3v) is 1.77. The lowest BCUT2D eigenvalue weighted by atomic mass is 10.3. The highest BCUT2D eigenvalue weighted by Gasteiger charge is 2.12. The molecule has 0 aromatic rings.